The zero-order valence-corrected chi connectivity index (χ0v) is 13.1. The molecule has 0 spiro atoms. The van der Waals surface area contributed by atoms with Gasteiger partial charge in [0.15, 0.2) is 0 Å². The molecule has 2 aromatic rings. The van der Waals surface area contributed by atoms with Gasteiger partial charge in [-0.15, -0.1) is 0 Å². The molecule has 0 aliphatic rings. The quantitative estimate of drug-likeness (QED) is 0.415. The molecule has 0 heterocycles. The van der Waals surface area contributed by atoms with Gasteiger partial charge in [0, 0.05) is 16.5 Å². The van der Waals surface area contributed by atoms with E-state index < -0.39 is 12.8 Å². The Hall–Kier alpha value is -1.82. The third-order valence-corrected chi connectivity index (χ3v) is 3.43. The van der Waals surface area contributed by atoms with E-state index in [1.807, 2.05) is 24.3 Å². The topological polar surface area (TPSA) is 21.6 Å². The van der Waals surface area contributed by atoms with Gasteiger partial charge < -0.3 is 4.84 Å². The molecule has 0 atom stereocenters. The van der Waals surface area contributed by atoms with Gasteiger partial charge >= 0.3 is 6.18 Å². The molecule has 116 valence electrons. The van der Waals surface area contributed by atoms with E-state index in [1.54, 1.807) is 30.3 Å². The summed E-state index contributed by atoms with van der Waals surface area (Å²) in [4.78, 5) is 4.49. The maximum Gasteiger partial charge on any atom is 0.425 e. The lowest BCUT2D eigenvalue weighted by Crippen LogP contribution is -2.16. The van der Waals surface area contributed by atoms with E-state index in [9.17, 15) is 13.2 Å². The third-order valence-electron chi connectivity index (χ3n) is 2.79. The monoisotopic (exact) mass is 371 g/mol. The third kappa shape index (κ3) is 4.87. The highest BCUT2D eigenvalue weighted by molar-refractivity contribution is 9.08. The molecule has 0 fully saturated rings. The number of nitrogens with zero attached hydrogens (tertiary/aromatic N) is 1. The van der Waals surface area contributed by atoms with Gasteiger partial charge in [0.1, 0.15) is 5.71 Å². The maximum absolute atomic E-state index is 12.2. The summed E-state index contributed by atoms with van der Waals surface area (Å²) in [5.41, 5.74) is 2.76. The largest absolute Gasteiger partial charge is 0.425 e. The molecule has 0 unspecified atom stereocenters. The number of oxime groups is 1. The average Bonchev–Trinajstić information content (AvgIpc) is 2.51. The van der Waals surface area contributed by atoms with E-state index in [4.69, 9.17) is 0 Å². The fraction of sp³-hybridized carbons (Fsp3) is 0.188. The van der Waals surface area contributed by atoms with Crippen molar-refractivity contribution in [3.63, 3.8) is 0 Å². The van der Waals surface area contributed by atoms with Crippen molar-refractivity contribution in [3.05, 3.63) is 71.3 Å². The molecule has 0 saturated heterocycles. The van der Waals surface area contributed by atoms with Gasteiger partial charge in [0.2, 0.25) is 6.61 Å². The van der Waals surface area contributed by atoms with Crippen LogP contribution in [-0.2, 0) is 10.2 Å². The second-order valence-electron chi connectivity index (χ2n) is 4.53. The summed E-state index contributed by atoms with van der Waals surface area (Å²) in [5, 5.41) is 4.35. The van der Waals surface area contributed by atoms with E-state index in [0.717, 1.165) is 5.56 Å². The van der Waals surface area contributed by atoms with E-state index in [1.165, 1.54) is 0 Å². The molecule has 2 nitrogen and oxygen atoms in total. The van der Waals surface area contributed by atoms with Gasteiger partial charge in [-0.3, -0.25) is 0 Å². The molecule has 0 aliphatic heterocycles. The van der Waals surface area contributed by atoms with Gasteiger partial charge in [-0.1, -0.05) is 69.6 Å². The molecule has 0 aliphatic carbocycles. The lowest BCUT2D eigenvalue weighted by atomic mass is 10.0. The molecule has 0 aromatic heterocycles. The predicted octanol–water partition coefficient (Wildman–Crippen LogP) is 4.91. The maximum atomic E-state index is 12.2. The van der Waals surface area contributed by atoms with Crippen LogP contribution in [0, 0.1) is 0 Å². The van der Waals surface area contributed by atoms with Crippen LogP contribution in [0.4, 0.5) is 13.2 Å². The first-order chi connectivity index (χ1) is 10.5. The van der Waals surface area contributed by atoms with Crippen molar-refractivity contribution in [1.82, 2.24) is 0 Å². The number of rotatable bonds is 5. The van der Waals surface area contributed by atoms with Gasteiger partial charge in [-0.2, -0.15) is 13.2 Å². The summed E-state index contributed by atoms with van der Waals surface area (Å²) in [5.74, 6) is 0. The summed E-state index contributed by atoms with van der Waals surface area (Å²) in [6, 6.07) is 16.4. The Morgan fingerprint density at radius 1 is 1.00 bits per heavy atom. The SMILES string of the molecule is FC(F)(F)CON=C(c1ccccc1)c1cccc(CBr)c1. The van der Waals surface area contributed by atoms with Crippen molar-refractivity contribution in [3.8, 4) is 0 Å². The van der Waals surface area contributed by atoms with Gasteiger partial charge in [0.25, 0.3) is 0 Å². The van der Waals surface area contributed by atoms with Crippen molar-refractivity contribution in [2.75, 3.05) is 6.61 Å². The highest BCUT2D eigenvalue weighted by Crippen LogP contribution is 2.17. The summed E-state index contributed by atoms with van der Waals surface area (Å²) in [6.45, 7) is -1.42. The normalized spacial score (nSPS) is 12.3. The minimum atomic E-state index is -4.41. The summed E-state index contributed by atoms with van der Waals surface area (Å²) >= 11 is 3.36. The van der Waals surface area contributed by atoms with Crippen LogP contribution < -0.4 is 0 Å². The van der Waals surface area contributed by atoms with Crippen LogP contribution in [-0.4, -0.2) is 18.5 Å². The van der Waals surface area contributed by atoms with Crippen molar-refractivity contribution in [2.45, 2.75) is 11.5 Å². The van der Waals surface area contributed by atoms with Crippen LogP contribution in [0.2, 0.25) is 0 Å². The predicted molar refractivity (Wildman–Crippen MR) is 83.2 cm³/mol. The van der Waals surface area contributed by atoms with Crippen molar-refractivity contribution < 1.29 is 18.0 Å². The summed E-state index contributed by atoms with van der Waals surface area (Å²) in [6.07, 6.45) is -4.41. The molecule has 0 radical (unpaired) electrons. The van der Waals surface area contributed by atoms with Crippen molar-refractivity contribution in [1.29, 1.82) is 0 Å². The smallest absolute Gasteiger partial charge is 0.386 e. The van der Waals surface area contributed by atoms with Gasteiger partial charge in [-0.05, 0) is 11.6 Å². The van der Waals surface area contributed by atoms with Crippen molar-refractivity contribution >= 4 is 21.6 Å². The zero-order valence-electron chi connectivity index (χ0n) is 11.5. The highest BCUT2D eigenvalue weighted by Gasteiger charge is 2.28. The fourth-order valence-electron chi connectivity index (χ4n) is 1.84. The molecule has 2 aromatic carbocycles. The van der Waals surface area contributed by atoms with Crippen LogP contribution in [0.25, 0.3) is 0 Å². The summed E-state index contributed by atoms with van der Waals surface area (Å²) in [7, 11) is 0. The molecule has 0 bridgehead atoms. The van der Waals surface area contributed by atoms with Gasteiger partial charge in [0.05, 0.1) is 0 Å². The molecule has 0 amide bonds. The van der Waals surface area contributed by atoms with E-state index in [0.29, 0.717) is 22.2 Å². The Morgan fingerprint density at radius 3 is 2.32 bits per heavy atom. The first-order valence-electron chi connectivity index (χ1n) is 6.47. The van der Waals surface area contributed by atoms with Crippen molar-refractivity contribution in [2.24, 2.45) is 5.16 Å². The first-order valence-corrected chi connectivity index (χ1v) is 7.59. The standard InChI is InChI=1S/C16H13BrF3NO/c17-10-12-5-4-8-14(9-12)15(13-6-2-1-3-7-13)21-22-11-16(18,19)20/h1-9H,10-11H2. The van der Waals surface area contributed by atoms with Crippen LogP contribution in [0.5, 0.6) is 0 Å². The molecule has 0 saturated carbocycles. The molecule has 6 heteroatoms. The van der Waals surface area contributed by atoms with E-state index in [-0.39, 0.29) is 0 Å². The number of hydrogen-bond donors (Lipinski definition) is 0. The van der Waals surface area contributed by atoms with E-state index >= 15 is 0 Å². The lowest BCUT2D eigenvalue weighted by molar-refractivity contribution is -0.173. The first kappa shape index (κ1) is 16.5. The fourth-order valence-corrected chi connectivity index (χ4v) is 2.19. The van der Waals surface area contributed by atoms with Crippen LogP contribution >= 0.6 is 15.9 Å². The molecule has 0 N–H and O–H groups in total. The van der Waals surface area contributed by atoms with Crippen LogP contribution in [0.3, 0.4) is 0 Å². The molecular weight excluding hydrogens is 359 g/mol. The van der Waals surface area contributed by atoms with Crippen LogP contribution in [0.1, 0.15) is 16.7 Å². The number of halogens is 4. The molecule has 2 rings (SSSR count). The second-order valence-corrected chi connectivity index (χ2v) is 5.09. The van der Waals surface area contributed by atoms with E-state index in [2.05, 4.69) is 25.9 Å². The van der Waals surface area contributed by atoms with Gasteiger partial charge in [-0.25, -0.2) is 0 Å². The Morgan fingerprint density at radius 2 is 1.68 bits per heavy atom. The summed E-state index contributed by atoms with van der Waals surface area (Å²) < 4.78 is 36.7. The number of hydrogen-bond acceptors (Lipinski definition) is 2. The Kier molecular flexibility index (Phi) is 5.60. The second kappa shape index (κ2) is 7.45. The van der Waals surface area contributed by atoms with Crippen LogP contribution in [0.15, 0.2) is 59.8 Å². The molecule has 22 heavy (non-hydrogen) atoms. The average molecular weight is 372 g/mol. The Balaban J connectivity index is 2.35. The minimum absolute atomic E-state index is 0.368. The Labute approximate surface area is 134 Å². The zero-order chi connectivity index (χ0) is 16.0. The number of benzene rings is 2. The number of alkyl halides is 4. The Bertz CT molecular complexity index is 641. The highest BCUT2D eigenvalue weighted by atomic mass is 79.9. The minimum Gasteiger partial charge on any atom is -0.386 e. The lowest BCUT2D eigenvalue weighted by Gasteiger charge is -2.10. The molecular formula is C16H13BrF3NO.